The van der Waals surface area contributed by atoms with Gasteiger partial charge in [-0.25, -0.2) is 9.29 Å². The maximum Gasteiger partial charge on any atom is 0.272 e. The number of hydrogen-bond acceptors (Lipinski definition) is 5. The monoisotopic (exact) mass is 443 g/mol. The number of ether oxygens (including phenoxy) is 1. The maximum atomic E-state index is 13.4. The van der Waals surface area contributed by atoms with Gasteiger partial charge >= 0.3 is 0 Å². The molecule has 152 valence electrons. The number of imide groups is 1. The molecule has 30 heavy (non-hydrogen) atoms. The molecule has 2 amide bonds. The van der Waals surface area contributed by atoms with Crippen LogP contribution in [0.5, 0.6) is 5.75 Å². The van der Waals surface area contributed by atoms with Crippen molar-refractivity contribution in [1.29, 1.82) is 0 Å². The van der Waals surface area contributed by atoms with E-state index in [1.807, 2.05) is 0 Å². The van der Waals surface area contributed by atoms with Crippen molar-refractivity contribution in [2.75, 3.05) is 12.0 Å². The number of nitrogens with zero attached hydrogens (tertiary/aromatic N) is 1. The third-order valence-electron chi connectivity index (χ3n) is 4.51. The van der Waals surface area contributed by atoms with Crippen LogP contribution in [-0.2, 0) is 15.3 Å². The molecule has 8 heteroatoms. The SMILES string of the molecule is COc1ccc(N2C(=O)C(SCc3ccco3)=C(c3ccc(F)cc3)C2=O)cc1Cl. The number of methoxy groups -OCH3 is 1. The Labute approximate surface area is 181 Å². The molecule has 0 aliphatic carbocycles. The van der Waals surface area contributed by atoms with Crippen LogP contribution in [0.3, 0.4) is 0 Å². The lowest BCUT2D eigenvalue weighted by Crippen LogP contribution is -2.31. The summed E-state index contributed by atoms with van der Waals surface area (Å²) in [5.74, 6) is 0.0471. The van der Waals surface area contributed by atoms with Crippen LogP contribution in [0.25, 0.3) is 5.57 Å². The normalized spacial score (nSPS) is 14.0. The summed E-state index contributed by atoms with van der Waals surface area (Å²) in [6.07, 6.45) is 1.54. The van der Waals surface area contributed by atoms with Gasteiger partial charge in [0.05, 0.1) is 40.3 Å². The quantitative estimate of drug-likeness (QED) is 0.484. The minimum Gasteiger partial charge on any atom is -0.495 e. The predicted molar refractivity (Wildman–Crippen MR) is 114 cm³/mol. The van der Waals surface area contributed by atoms with Crippen molar-refractivity contribution in [2.45, 2.75) is 5.75 Å². The molecule has 0 unspecified atom stereocenters. The Morgan fingerprint density at radius 3 is 2.50 bits per heavy atom. The molecule has 0 N–H and O–H groups in total. The van der Waals surface area contributed by atoms with Crippen molar-refractivity contribution in [1.82, 2.24) is 0 Å². The van der Waals surface area contributed by atoms with Crippen molar-refractivity contribution in [3.63, 3.8) is 0 Å². The first-order chi connectivity index (χ1) is 14.5. The Kier molecular flexibility index (Phi) is 5.65. The zero-order valence-corrected chi connectivity index (χ0v) is 17.3. The topological polar surface area (TPSA) is 59.8 Å². The van der Waals surface area contributed by atoms with E-state index in [-0.39, 0.29) is 15.5 Å². The van der Waals surface area contributed by atoms with Gasteiger partial charge in [-0.1, -0.05) is 23.7 Å². The van der Waals surface area contributed by atoms with Crippen molar-refractivity contribution in [2.24, 2.45) is 0 Å². The Morgan fingerprint density at radius 1 is 1.10 bits per heavy atom. The summed E-state index contributed by atoms with van der Waals surface area (Å²) >= 11 is 7.39. The minimum absolute atomic E-state index is 0.212. The molecule has 2 aromatic carbocycles. The Bertz CT molecular complexity index is 1140. The second kappa shape index (κ2) is 8.38. The van der Waals surface area contributed by atoms with Crippen LogP contribution in [0.4, 0.5) is 10.1 Å². The average molecular weight is 444 g/mol. The van der Waals surface area contributed by atoms with Gasteiger partial charge in [-0.2, -0.15) is 0 Å². The number of anilines is 1. The smallest absolute Gasteiger partial charge is 0.272 e. The molecule has 0 saturated heterocycles. The summed E-state index contributed by atoms with van der Waals surface area (Å²) in [5.41, 5.74) is 0.992. The number of carbonyl (C=O) groups excluding carboxylic acids is 2. The highest BCUT2D eigenvalue weighted by atomic mass is 35.5. The van der Waals surface area contributed by atoms with Crippen molar-refractivity contribution >= 4 is 46.4 Å². The molecule has 2 heterocycles. The number of benzene rings is 2. The summed E-state index contributed by atoms with van der Waals surface area (Å²) in [4.78, 5) is 27.8. The van der Waals surface area contributed by atoms with E-state index in [0.717, 1.165) is 4.90 Å². The van der Waals surface area contributed by atoms with Crippen LogP contribution in [0.15, 0.2) is 70.2 Å². The van der Waals surface area contributed by atoms with Crippen LogP contribution in [-0.4, -0.2) is 18.9 Å². The van der Waals surface area contributed by atoms with Crippen LogP contribution in [0.2, 0.25) is 5.02 Å². The minimum atomic E-state index is -0.505. The number of thioether (sulfide) groups is 1. The molecule has 4 rings (SSSR count). The summed E-state index contributed by atoms with van der Waals surface area (Å²) in [7, 11) is 1.48. The highest BCUT2D eigenvalue weighted by molar-refractivity contribution is 8.03. The molecule has 0 fully saturated rings. The summed E-state index contributed by atoms with van der Waals surface area (Å²) in [6, 6.07) is 13.7. The highest BCUT2D eigenvalue weighted by Gasteiger charge is 2.40. The molecule has 5 nitrogen and oxygen atoms in total. The van der Waals surface area contributed by atoms with E-state index < -0.39 is 17.6 Å². The fraction of sp³-hybridized carbons (Fsp3) is 0.0909. The molecule has 0 bridgehead atoms. The Hall–Kier alpha value is -3.03. The van der Waals surface area contributed by atoms with Gasteiger partial charge in [-0.15, -0.1) is 11.8 Å². The lowest BCUT2D eigenvalue weighted by Gasteiger charge is -2.16. The largest absolute Gasteiger partial charge is 0.495 e. The van der Waals surface area contributed by atoms with Gasteiger partial charge in [-0.3, -0.25) is 9.59 Å². The first-order valence-electron chi connectivity index (χ1n) is 8.87. The van der Waals surface area contributed by atoms with Gasteiger partial charge < -0.3 is 9.15 Å². The van der Waals surface area contributed by atoms with Crippen molar-refractivity contribution < 1.29 is 23.1 Å². The summed E-state index contributed by atoms with van der Waals surface area (Å²) in [6.45, 7) is 0. The number of halogens is 2. The van der Waals surface area contributed by atoms with Gasteiger partial charge in [0.1, 0.15) is 17.3 Å². The number of rotatable bonds is 6. The van der Waals surface area contributed by atoms with Gasteiger partial charge in [0.25, 0.3) is 11.8 Å². The third kappa shape index (κ3) is 3.74. The van der Waals surface area contributed by atoms with Gasteiger partial charge in [0.15, 0.2) is 0 Å². The lowest BCUT2D eigenvalue weighted by molar-refractivity contribution is -0.119. The van der Waals surface area contributed by atoms with Gasteiger partial charge in [-0.05, 0) is 48.0 Å². The highest BCUT2D eigenvalue weighted by Crippen LogP contribution is 2.41. The van der Waals surface area contributed by atoms with E-state index in [1.54, 1.807) is 30.5 Å². The van der Waals surface area contributed by atoms with Crippen LogP contribution in [0, 0.1) is 5.82 Å². The standard InChI is InChI=1S/C22H15ClFNO4S/c1-28-18-9-8-15(11-17(18)23)25-21(26)19(13-4-6-14(24)7-5-13)20(22(25)27)30-12-16-3-2-10-29-16/h2-11H,12H2,1H3. The van der Waals surface area contributed by atoms with Crippen LogP contribution in [0.1, 0.15) is 11.3 Å². The molecule has 1 aromatic heterocycles. The Balaban J connectivity index is 1.74. The van der Waals surface area contributed by atoms with E-state index in [0.29, 0.717) is 28.5 Å². The van der Waals surface area contributed by atoms with E-state index in [2.05, 4.69) is 0 Å². The fourth-order valence-electron chi connectivity index (χ4n) is 3.08. The summed E-state index contributed by atoms with van der Waals surface area (Å²) < 4.78 is 23.9. The molecule has 0 atom stereocenters. The first-order valence-corrected chi connectivity index (χ1v) is 10.2. The van der Waals surface area contributed by atoms with E-state index >= 15 is 0 Å². The number of furan rings is 1. The van der Waals surface area contributed by atoms with E-state index in [1.165, 1.54) is 49.2 Å². The molecule has 0 saturated carbocycles. The molecule has 0 radical (unpaired) electrons. The Morgan fingerprint density at radius 2 is 1.87 bits per heavy atom. The number of hydrogen-bond donors (Lipinski definition) is 0. The molecule has 0 spiro atoms. The molecular weight excluding hydrogens is 429 g/mol. The molecule has 1 aliphatic heterocycles. The second-order valence-electron chi connectivity index (χ2n) is 6.34. The molecular formula is C22H15ClFNO4S. The molecule has 1 aliphatic rings. The van der Waals surface area contributed by atoms with Gasteiger partial charge in [0, 0.05) is 0 Å². The van der Waals surface area contributed by atoms with Gasteiger partial charge in [0.2, 0.25) is 0 Å². The van der Waals surface area contributed by atoms with Crippen molar-refractivity contribution in [3.05, 3.63) is 87.9 Å². The maximum absolute atomic E-state index is 13.4. The zero-order valence-electron chi connectivity index (χ0n) is 15.7. The average Bonchev–Trinajstić information content (AvgIpc) is 3.33. The fourth-order valence-corrected chi connectivity index (χ4v) is 4.35. The van der Waals surface area contributed by atoms with E-state index in [9.17, 15) is 14.0 Å². The summed E-state index contributed by atoms with van der Waals surface area (Å²) in [5, 5.41) is 0.274. The van der Waals surface area contributed by atoms with Crippen molar-refractivity contribution in [3.8, 4) is 5.75 Å². The van der Waals surface area contributed by atoms with Crippen LogP contribution >= 0.6 is 23.4 Å². The zero-order chi connectivity index (χ0) is 21.3. The third-order valence-corrected chi connectivity index (χ3v) is 5.90. The molecule has 3 aromatic rings. The van der Waals surface area contributed by atoms with E-state index in [4.69, 9.17) is 20.8 Å². The number of amides is 2. The lowest BCUT2D eigenvalue weighted by atomic mass is 10.1. The van der Waals surface area contributed by atoms with Crippen LogP contribution < -0.4 is 9.64 Å². The number of carbonyl (C=O) groups is 2. The predicted octanol–water partition coefficient (Wildman–Crippen LogP) is 5.30. The first kappa shape index (κ1) is 20.3. The second-order valence-corrected chi connectivity index (χ2v) is 7.74.